The number of benzene rings is 1. The maximum absolute atomic E-state index is 6.15. The van der Waals surface area contributed by atoms with Crippen LogP contribution >= 0.6 is 0 Å². The Hall–Kier alpha value is -0.980. The van der Waals surface area contributed by atoms with Crippen LogP contribution < -0.4 is 0 Å². The van der Waals surface area contributed by atoms with E-state index in [1.165, 1.54) is 0 Å². The normalized spacial score (nSPS) is 45.9. The molecule has 3 fully saturated rings. The van der Waals surface area contributed by atoms with Crippen molar-refractivity contribution in [3.8, 4) is 0 Å². The molecule has 4 unspecified atom stereocenters. The van der Waals surface area contributed by atoms with Crippen LogP contribution in [-0.4, -0.2) is 37.5 Å². The maximum atomic E-state index is 6.15. The van der Waals surface area contributed by atoms with Crippen molar-refractivity contribution < 1.29 is 23.7 Å². The molecule has 3 aliphatic heterocycles. The Bertz CT molecular complexity index is 493. The minimum Gasteiger partial charge on any atom is -0.346 e. The molecule has 0 aliphatic carbocycles. The summed E-state index contributed by atoms with van der Waals surface area (Å²) in [5.41, 5.74) is 1.03. The molecule has 0 aromatic heterocycles. The smallest absolute Gasteiger partial charge is 0.187 e. The highest BCUT2D eigenvalue weighted by atomic mass is 16.8. The fraction of sp³-hybridized carbons (Fsp3) is 0.625. The van der Waals surface area contributed by atoms with Crippen molar-refractivity contribution in [3.63, 3.8) is 0 Å². The lowest BCUT2D eigenvalue weighted by Gasteiger charge is -2.45. The molecule has 1 aromatic carbocycles. The fourth-order valence-corrected chi connectivity index (χ4v) is 3.34. The molecule has 3 aliphatic rings. The molecular formula is C16H20O5. The van der Waals surface area contributed by atoms with E-state index in [4.69, 9.17) is 23.7 Å². The predicted molar refractivity (Wildman–Crippen MR) is 73.3 cm³/mol. The second kappa shape index (κ2) is 5.34. The summed E-state index contributed by atoms with van der Waals surface area (Å²) in [6.45, 7) is 4.53. The Kier molecular flexibility index (Phi) is 3.47. The molecule has 0 bridgehead atoms. The minimum atomic E-state index is -0.338. The van der Waals surface area contributed by atoms with Crippen LogP contribution in [0.5, 0.6) is 0 Å². The molecule has 114 valence electrons. The van der Waals surface area contributed by atoms with Gasteiger partial charge in [-0.05, 0) is 6.92 Å². The molecule has 0 amide bonds. The topological polar surface area (TPSA) is 46.2 Å². The SMILES string of the molecule is CC1O[C@H]2OC3COC(c4ccccc4)O[C@H]3C(C)[C@@H]2O1. The third-order valence-electron chi connectivity index (χ3n) is 4.42. The molecular weight excluding hydrogens is 272 g/mol. The lowest BCUT2D eigenvalue weighted by atomic mass is 9.90. The van der Waals surface area contributed by atoms with Crippen molar-refractivity contribution in [2.24, 2.45) is 5.92 Å². The summed E-state index contributed by atoms with van der Waals surface area (Å²) in [6.07, 6.45) is -1.09. The van der Waals surface area contributed by atoms with E-state index < -0.39 is 0 Å². The lowest BCUT2D eigenvalue weighted by Crippen LogP contribution is -2.57. The quantitative estimate of drug-likeness (QED) is 0.794. The Morgan fingerprint density at radius 2 is 1.71 bits per heavy atom. The lowest BCUT2D eigenvalue weighted by molar-refractivity contribution is -0.328. The van der Waals surface area contributed by atoms with Crippen LogP contribution in [0, 0.1) is 5.92 Å². The summed E-state index contributed by atoms with van der Waals surface area (Å²) in [5, 5.41) is 0. The molecule has 7 atom stereocenters. The van der Waals surface area contributed by atoms with Crippen LogP contribution in [-0.2, 0) is 23.7 Å². The van der Waals surface area contributed by atoms with Gasteiger partial charge in [-0.3, -0.25) is 0 Å². The Balaban J connectivity index is 1.52. The molecule has 5 heteroatoms. The van der Waals surface area contributed by atoms with E-state index >= 15 is 0 Å². The summed E-state index contributed by atoms with van der Waals surface area (Å²) in [7, 11) is 0. The number of fused-ring (bicyclic) bond motifs is 2. The molecule has 0 spiro atoms. The molecule has 21 heavy (non-hydrogen) atoms. The van der Waals surface area contributed by atoms with Gasteiger partial charge in [0.05, 0.1) is 12.7 Å². The van der Waals surface area contributed by atoms with Gasteiger partial charge in [-0.15, -0.1) is 0 Å². The number of rotatable bonds is 1. The van der Waals surface area contributed by atoms with Gasteiger partial charge < -0.3 is 23.7 Å². The zero-order valence-electron chi connectivity index (χ0n) is 12.2. The molecule has 5 nitrogen and oxygen atoms in total. The fourth-order valence-electron chi connectivity index (χ4n) is 3.34. The standard InChI is InChI=1S/C16H20O5/c1-9-13-12(20-16-14(9)18-10(2)19-16)8-17-15(21-13)11-6-4-3-5-7-11/h3-7,9-10,12-16H,8H2,1-2H3/t9?,10?,12?,13-,14-,15?,16-/m0/s1. The highest BCUT2D eigenvalue weighted by Crippen LogP contribution is 2.40. The zero-order valence-corrected chi connectivity index (χ0v) is 12.2. The highest BCUT2D eigenvalue weighted by Gasteiger charge is 2.52. The molecule has 0 saturated carbocycles. The van der Waals surface area contributed by atoms with Gasteiger partial charge in [-0.25, -0.2) is 0 Å². The van der Waals surface area contributed by atoms with Crippen LogP contribution in [0.25, 0.3) is 0 Å². The first-order valence-corrected chi connectivity index (χ1v) is 7.51. The van der Waals surface area contributed by atoms with E-state index in [2.05, 4.69) is 6.92 Å². The van der Waals surface area contributed by atoms with E-state index in [1.54, 1.807) is 0 Å². The molecule has 1 aromatic rings. The highest BCUT2D eigenvalue weighted by molar-refractivity contribution is 5.16. The number of ether oxygens (including phenoxy) is 5. The Morgan fingerprint density at radius 1 is 0.905 bits per heavy atom. The average molecular weight is 292 g/mol. The summed E-state index contributed by atoms with van der Waals surface area (Å²) in [4.78, 5) is 0. The van der Waals surface area contributed by atoms with Crippen LogP contribution in [0.3, 0.4) is 0 Å². The maximum Gasteiger partial charge on any atom is 0.187 e. The number of hydrogen-bond acceptors (Lipinski definition) is 5. The summed E-state index contributed by atoms with van der Waals surface area (Å²) in [6, 6.07) is 9.98. The van der Waals surface area contributed by atoms with Gasteiger partial charge in [0.1, 0.15) is 12.2 Å². The van der Waals surface area contributed by atoms with Gasteiger partial charge in [0.25, 0.3) is 0 Å². The first-order chi connectivity index (χ1) is 10.2. The summed E-state index contributed by atoms with van der Waals surface area (Å²) >= 11 is 0. The van der Waals surface area contributed by atoms with Gasteiger partial charge >= 0.3 is 0 Å². The van der Waals surface area contributed by atoms with Gasteiger partial charge in [0.2, 0.25) is 0 Å². The van der Waals surface area contributed by atoms with Gasteiger partial charge in [-0.1, -0.05) is 37.3 Å². The zero-order chi connectivity index (χ0) is 14.4. The van der Waals surface area contributed by atoms with Crippen LogP contribution in [0.2, 0.25) is 0 Å². The van der Waals surface area contributed by atoms with Crippen LogP contribution in [0.15, 0.2) is 30.3 Å². The molecule has 3 heterocycles. The van der Waals surface area contributed by atoms with Crippen molar-refractivity contribution in [2.75, 3.05) is 6.61 Å². The van der Waals surface area contributed by atoms with E-state index in [-0.39, 0.29) is 43.1 Å². The van der Waals surface area contributed by atoms with Crippen molar-refractivity contribution in [3.05, 3.63) is 35.9 Å². The molecule has 4 rings (SSSR count). The molecule has 3 saturated heterocycles. The van der Waals surface area contributed by atoms with E-state index in [0.29, 0.717) is 6.61 Å². The molecule has 0 N–H and O–H groups in total. The molecule has 0 radical (unpaired) electrons. The van der Waals surface area contributed by atoms with Crippen molar-refractivity contribution in [1.82, 2.24) is 0 Å². The largest absolute Gasteiger partial charge is 0.346 e. The third kappa shape index (κ3) is 2.39. The third-order valence-corrected chi connectivity index (χ3v) is 4.42. The summed E-state index contributed by atoms with van der Waals surface area (Å²) in [5.74, 6) is 0.203. The van der Waals surface area contributed by atoms with E-state index in [9.17, 15) is 0 Å². The van der Waals surface area contributed by atoms with Crippen LogP contribution in [0.1, 0.15) is 25.7 Å². The average Bonchev–Trinajstić information content (AvgIpc) is 2.89. The Labute approximate surface area is 124 Å². The Morgan fingerprint density at radius 3 is 2.52 bits per heavy atom. The van der Waals surface area contributed by atoms with E-state index in [1.807, 2.05) is 37.3 Å². The predicted octanol–water partition coefficient (Wildman–Crippen LogP) is 2.22. The van der Waals surface area contributed by atoms with Gasteiger partial charge in [0, 0.05) is 11.5 Å². The van der Waals surface area contributed by atoms with Crippen molar-refractivity contribution >= 4 is 0 Å². The van der Waals surface area contributed by atoms with Gasteiger partial charge in [-0.2, -0.15) is 0 Å². The summed E-state index contributed by atoms with van der Waals surface area (Å²) < 4.78 is 29.3. The van der Waals surface area contributed by atoms with Gasteiger partial charge in [0.15, 0.2) is 18.9 Å². The van der Waals surface area contributed by atoms with Crippen LogP contribution in [0.4, 0.5) is 0 Å². The first-order valence-electron chi connectivity index (χ1n) is 7.51. The van der Waals surface area contributed by atoms with E-state index in [0.717, 1.165) is 5.56 Å². The second-order valence-corrected chi connectivity index (χ2v) is 5.88. The van der Waals surface area contributed by atoms with Crippen molar-refractivity contribution in [2.45, 2.75) is 51.0 Å². The monoisotopic (exact) mass is 292 g/mol. The number of hydrogen-bond donors (Lipinski definition) is 0. The first kappa shape index (κ1) is 13.7. The second-order valence-electron chi connectivity index (χ2n) is 5.88. The van der Waals surface area contributed by atoms with Crippen molar-refractivity contribution in [1.29, 1.82) is 0 Å². The minimum absolute atomic E-state index is 0.0425.